The van der Waals surface area contributed by atoms with Crippen LogP contribution in [0.4, 0.5) is 4.79 Å². The number of H-pyrrole nitrogens is 1. The molecule has 0 saturated heterocycles. The van der Waals surface area contributed by atoms with Gasteiger partial charge in [-0.1, -0.05) is 24.6 Å². The van der Waals surface area contributed by atoms with E-state index in [1.54, 1.807) is 24.3 Å². The minimum Gasteiger partial charge on any atom is -0.410 e. The number of para-hydroxylation sites is 1. The standard InChI is InChI=1S/C21H22N4O5S/c1-22-20(28)18-16-17(24-25-18)14(26)12-15(19(16)27)31-11-7-3-6-10-23-21(29)30-13-8-4-2-5-9-13/h2,4-5,8-9,12H,3,6-7,10-11H2,1H3,(H,22,28)(H,23,29)(H,24,25). The third kappa shape index (κ3) is 5.60. The number of ether oxygens (including phenoxy) is 1. The molecule has 0 fully saturated rings. The molecule has 2 amide bonds. The van der Waals surface area contributed by atoms with E-state index in [1.807, 2.05) is 6.07 Å². The Morgan fingerprint density at radius 2 is 1.90 bits per heavy atom. The normalized spacial score (nSPS) is 12.7. The summed E-state index contributed by atoms with van der Waals surface area (Å²) in [5.41, 5.74) is -0.00703. The highest BCUT2D eigenvalue weighted by molar-refractivity contribution is 8.04. The Morgan fingerprint density at radius 1 is 1.13 bits per heavy atom. The second-order valence-electron chi connectivity index (χ2n) is 6.64. The SMILES string of the molecule is CNC(=O)c1[nH]nc2c1C(=O)C(SCCCCCNC(=O)Oc1ccccc1)=CC2=O. The Balaban J connectivity index is 1.39. The molecule has 1 aliphatic rings. The number of benzene rings is 1. The Labute approximate surface area is 183 Å². The summed E-state index contributed by atoms with van der Waals surface area (Å²) in [6, 6.07) is 8.81. The van der Waals surface area contributed by atoms with E-state index in [9.17, 15) is 19.2 Å². The maximum atomic E-state index is 12.7. The van der Waals surface area contributed by atoms with Crippen molar-refractivity contribution in [3.63, 3.8) is 0 Å². The van der Waals surface area contributed by atoms with Crippen LogP contribution in [-0.4, -0.2) is 53.1 Å². The zero-order valence-corrected chi connectivity index (χ0v) is 17.7. The average molecular weight is 442 g/mol. The molecule has 0 aliphatic heterocycles. The molecular weight excluding hydrogens is 420 g/mol. The first-order valence-corrected chi connectivity index (χ1v) is 10.7. The van der Waals surface area contributed by atoms with Gasteiger partial charge in [-0.2, -0.15) is 5.10 Å². The first-order chi connectivity index (χ1) is 15.0. The smallest absolute Gasteiger partial charge is 0.410 e. The maximum Gasteiger partial charge on any atom is 0.412 e. The monoisotopic (exact) mass is 442 g/mol. The van der Waals surface area contributed by atoms with Gasteiger partial charge in [0.2, 0.25) is 11.6 Å². The number of aromatic nitrogens is 2. The van der Waals surface area contributed by atoms with E-state index in [0.29, 0.717) is 23.0 Å². The van der Waals surface area contributed by atoms with Gasteiger partial charge < -0.3 is 15.4 Å². The molecule has 162 valence electrons. The summed E-state index contributed by atoms with van der Waals surface area (Å²) in [6.07, 6.45) is 3.14. The zero-order chi connectivity index (χ0) is 22.2. The predicted molar refractivity (Wildman–Crippen MR) is 115 cm³/mol. The van der Waals surface area contributed by atoms with Gasteiger partial charge in [0.05, 0.1) is 10.5 Å². The highest BCUT2D eigenvalue weighted by atomic mass is 32.2. The summed E-state index contributed by atoms with van der Waals surface area (Å²) < 4.78 is 5.13. The van der Waals surface area contributed by atoms with Crippen LogP contribution in [0, 0.1) is 0 Å². The molecule has 0 radical (unpaired) electrons. The second-order valence-corrected chi connectivity index (χ2v) is 7.78. The van der Waals surface area contributed by atoms with Crippen molar-refractivity contribution in [1.82, 2.24) is 20.8 Å². The van der Waals surface area contributed by atoms with E-state index in [2.05, 4.69) is 20.8 Å². The number of fused-ring (bicyclic) bond motifs is 1. The Hall–Kier alpha value is -3.40. The molecule has 10 heteroatoms. The average Bonchev–Trinajstić information content (AvgIpc) is 3.22. The van der Waals surface area contributed by atoms with E-state index in [1.165, 1.54) is 24.9 Å². The van der Waals surface area contributed by atoms with Crippen molar-refractivity contribution in [2.75, 3.05) is 19.3 Å². The van der Waals surface area contributed by atoms with Gasteiger partial charge in [0.1, 0.15) is 17.1 Å². The number of unbranched alkanes of at least 4 members (excludes halogenated alkanes) is 2. The van der Waals surface area contributed by atoms with Crippen molar-refractivity contribution in [3.05, 3.63) is 58.3 Å². The number of aromatic amines is 1. The number of allylic oxidation sites excluding steroid dienone is 2. The van der Waals surface area contributed by atoms with Crippen LogP contribution in [0.3, 0.4) is 0 Å². The van der Waals surface area contributed by atoms with Crippen molar-refractivity contribution in [2.45, 2.75) is 19.3 Å². The van der Waals surface area contributed by atoms with Crippen LogP contribution in [0.5, 0.6) is 5.75 Å². The lowest BCUT2D eigenvalue weighted by Crippen LogP contribution is -2.27. The summed E-state index contributed by atoms with van der Waals surface area (Å²) in [6.45, 7) is 0.477. The van der Waals surface area contributed by atoms with Gasteiger partial charge in [-0.25, -0.2) is 4.79 Å². The molecule has 1 aliphatic carbocycles. The van der Waals surface area contributed by atoms with Crippen molar-refractivity contribution in [1.29, 1.82) is 0 Å². The molecular formula is C21H22N4O5S. The van der Waals surface area contributed by atoms with Gasteiger partial charge in [0.25, 0.3) is 5.91 Å². The first kappa shape index (κ1) is 22.3. The van der Waals surface area contributed by atoms with E-state index in [-0.39, 0.29) is 22.7 Å². The number of carbonyl (C=O) groups excluding carboxylic acids is 4. The molecule has 1 aromatic carbocycles. The molecule has 9 nitrogen and oxygen atoms in total. The van der Waals surface area contributed by atoms with Crippen molar-refractivity contribution >= 4 is 35.3 Å². The highest BCUT2D eigenvalue weighted by Crippen LogP contribution is 2.30. The third-order valence-corrected chi connectivity index (χ3v) is 5.58. The van der Waals surface area contributed by atoms with E-state index >= 15 is 0 Å². The summed E-state index contributed by atoms with van der Waals surface area (Å²) in [4.78, 5) is 48.8. The summed E-state index contributed by atoms with van der Waals surface area (Å²) in [5, 5.41) is 11.4. The molecule has 0 saturated carbocycles. The zero-order valence-electron chi connectivity index (χ0n) is 16.9. The van der Waals surface area contributed by atoms with Gasteiger partial charge in [-0.3, -0.25) is 19.5 Å². The fourth-order valence-electron chi connectivity index (χ4n) is 2.92. The molecule has 31 heavy (non-hydrogen) atoms. The molecule has 0 unspecified atom stereocenters. The topological polar surface area (TPSA) is 130 Å². The number of hydrogen-bond acceptors (Lipinski definition) is 7. The van der Waals surface area contributed by atoms with Crippen LogP contribution in [0.1, 0.15) is 50.6 Å². The lowest BCUT2D eigenvalue weighted by atomic mass is 9.99. The van der Waals surface area contributed by atoms with E-state index in [0.717, 1.165) is 19.3 Å². The minimum atomic E-state index is -0.501. The third-order valence-electron chi connectivity index (χ3n) is 4.47. The molecule has 1 heterocycles. The maximum absolute atomic E-state index is 12.7. The van der Waals surface area contributed by atoms with Crippen LogP contribution in [0.25, 0.3) is 0 Å². The first-order valence-electron chi connectivity index (χ1n) is 9.76. The number of hydrogen-bond donors (Lipinski definition) is 3. The van der Waals surface area contributed by atoms with Gasteiger partial charge in [-0.15, -0.1) is 11.8 Å². The molecule has 0 atom stereocenters. The second kappa shape index (κ2) is 10.6. The number of nitrogens with zero attached hydrogens (tertiary/aromatic N) is 1. The number of carbonyl (C=O) groups is 4. The van der Waals surface area contributed by atoms with Gasteiger partial charge in [0, 0.05) is 19.7 Å². The van der Waals surface area contributed by atoms with Crippen LogP contribution in [0.15, 0.2) is 41.3 Å². The van der Waals surface area contributed by atoms with E-state index in [4.69, 9.17) is 4.74 Å². The quantitative estimate of drug-likeness (QED) is 0.509. The molecule has 2 aromatic rings. The number of rotatable bonds is 9. The Kier molecular flexibility index (Phi) is 7.60. The number of nitrogens with one attached hydrogen (secondary N) is 3. The summed E-state index contributed by atoms with van der Waals surface area (Å²) >= 11 is 1.28. The lowest BCUT2D eigenvalue weighted by Gasteiger charge is -2.11. The van der Waals surface area contributed by atoms with Crippen LogP contribution in [-0.2, 0) is 0 Å². The lowest BCUT2D eigenvalue weighted by molar-refractivity contribution is 0.0945. The number of thioether (sulfide) groups is 1. The molecule has 0 spiro atoms. The molecule has 3 N–H and O–H groups in total. The van der Waals surface area contributed by atoms with Crippen molar-refractivity contribution in [2.24, 2.45) is 0 Å². The van der Waals surface area contributed by atoms with Gasteiger partial charge in [-0.05, 0) is 30.7 Å². The van der Waals surface area contributed by atoms with Crippen molar-refractivity contribution in [3.8, 4) is 5.75 Å². The molecule has 3 rings (SSSR count). The fraction of sp³-hybridized carbons (Fsp3) is 0.286. The predicted octanol–water partition coefficient (Wildman–Crippen LogP) is 2.72. The number of Topliss-reactive ketones (excluding diaryl/α,β-unsaturated/α-hetero) is 1. The Morgan fingerprint density at radius 3 is 2.65 bits per heavy atom. The summed E-state index contributed by atoms with van der Waals surface area (Å²) in [5.74, 6) is -0.167. The highest BCUT2D eigenvalue weighted by Gasteiger charge is 2.33. The number of amides is 2. The molecule has 1 aromatic heterocycles. The Bertz CT molecular complexity index is 1020. The van der Waals surface area contributed by atoms with Gasteiger partial charge in [0.15, 0.2) is 0 Å². The van der Waals surface area contributed by atoms with Crippen molar-refractivity contribution < 1.29 is 23.9 Å². The molecule has 0 bridgehead atoms. The largest absolute Gasteiger partial charge is 0.412 e. The minimum absolute atomic E-state index is 0.00415. The fourth-order valence-corrected chi connectivity index (χ4v) is 3.91. The van der Waals surface area contributed by atoms with Gasteiger partial charge >= 0.3 is 6.09 Å². The van der Waals surface area contributed by atoms with Crippen LogP contribution >= 0.6 is 11.8 Å². The van der Waals surface area contributed by atoms with Crippen LogP contribution in [0.2, 0.25) is 0 Å². The summed E-state index contributed by atoms with van der Waals surface area (Å²) in [7, 11) is 1.44. The van der Waals surface area contributed by atoms with Crippen LogP contribution < -0.4 is 15.4 Å². The number of ketones is 2. The van der Waals surface area contributed by atoms with E-state index < -0.39 is 17.8 Å².